The Bertz CT molecular complexity index is 597. The highest BCUT2D eigenvalue weighted by Crippen LogP contribution is 2.27. The summed E-state index contributed by atoms with van der Waals surface area (Å²) in [4.78, 5) is 0. The second-order valence-electron chi connectivity index (χ2n) is 4.72. The number of halogens is 3. The molecule has 0 saturated carbocycles. The predicted octanol–water partition coefficient (Wildman–Crippen LogP) is 4.81. The zero-order chi connectivity index (χ0) is 14.7. The molecule has 0 radical (unpaired) electrons. The van der Waals surface area contributed by atoms with Gasteiger partial charge in [-0.1, -0.05) is 51.3 Å². The third-order valence-electron chi connectivity index (χ3n) is 3.11. The molecule has 2 aromatic carbocycles. The Hall–Kier alpha value is -0.580. The van der Waals surface area contributed by atoms with Crippen LogP contribution in [0.2, 0.25) is 10.0 Å². The molecule has 2 rings (SSSR count). The number of hydrazine groups is 1. The van der Waals surface area contributed by atoms with Crippen molar-refractivity contribution in [1.29, 1.82) is 0 Å². The maximum absolute atomic E-state index is 6.26. The minimum absolute atomic E-state index is 0.0360. The summed E-state index contributed by atoms with van der Waals surface area (Å²) in [6, 6.07) is 11.7. The Morgan fingerprint density at radius 2 is 1.95 bits per heavy atom. The van der Waals surface area contributed by atoms with Crippen LogP contribution in [0.1, 0.15) is 22.7 Å². The second kappa shape index (κ2) is 6.92. The Balaban J connectivity index is 2.28. The van der Waals surface area contributed by atoms with Gasteiger partial charge in [0.15, 0.2) is 0 Å². The number of nitrogens with two attached hydrogens (primary N) is 1. The van der Waals surface area contributed by atoms with Crippen LogP contribution in [-0.2, 0) is 6.42 Å². The highest BCUT2D eigenvalue weighted by Gasteiger charge is 2.14. The molecule has 0 spiro atoms. The molecule has 1 atom stereocenters. The van der Waals surface area contributed by atoms with Gasteiger partial charge in [0.2, 0.25) is 0 Å². The van der Waals surface area contributed by atoms with E-state index in [4.69, 9.17) is 29.0 Å². The van der Waals surface area contributed by atoms with Crippen LogP contribution >= 0.6 is 39.1 Å². The molecule has 3 N–H and O–H groups in total. The maximum Gasteiger partial charge on any atom is 0.0501 e. The number of rotatable bonds is 4. The largest absolute Gasteiger partial charge is 0.271 e. The van der Waals surface area contributed by atoms with Crippen molar-refractivity contribution in [1.82, 2.24) is 5.43 Å². The molecule has 0 aliphatic heterocycles. The molecule has 2 aromatic rings. The van der Waals surface area contributed by atoms with Crippen molar-refractivity contribution in [2.45, 2.75) is 19.4 Å². The summed E-state index contributed by atoms with van der Waals surface area (Å²) in [5.74, 6) is 5.69. The number of benzene rings is 2. The molecule has 0 aliphatic rings. The molecule has 0 bridgehead atoms. The lowest BCUT2D eigenvalue weighted by Crippen LogP contribution is -2.29. The van der Waals surface area contributed by atoms with Gasteiger partial charge in [0.25, 0.3) is 0 Å². The number of hydrogen-bond donors (Lipinski definition) is 2. The summed E-state index contributed by atoms with van der Waals surface area (Å²) in [7, 11) is 0. The molecular formula is C15H15BrCl2N2. The Labute approximate surface area is 137 Å². The van der Waals surface area contributed by atoms with Gasteiger partial charge in [0.1, 0.15) is 0 Å². The van der Waals surface area contributed by atoms with Crippen LogP contribution in [0.15, 0.2) is 40.9 Å². The minimum atomic E-state index is -0.0360. The number of aryl methyl sites for hydroxylation is 1. The van der Waals surface area contributed by atoms with Gasteiger partial charge in [-0.15, -0.1) is 0 Å². The molecule has 20 heavy (non-hydrogen) atoms. The highest BCUT2D eigenvalue weighted by molar-refractivity contribution is 9.10. The van der Waals surface area contributed by atoms with Crippen LogP contribution in [0, 0.1) is 6.92 Å². The first-order valence-electron chi connectivity index (χ1n) is 6.16. The van der Waals surface area contributed by atoms with Gasteiger partial charge in [-0.05, 0) is 54.3 Å². The molecule has 5 heteroatoms. The fourth-order valence-electron chi connectivity index (χ4n) is 2.15. The van der Waals surface area contributed by atoms with Crippen molar-refractivity contribution in [2.75, 3.05) is 0 Å². The van der Waals surface area contributed by atoms with E-state index in [-0.39, 0.29) is 6.04 Å². The van der Waals surface area contributed by atoms with E-state index in [1.165, 1.54) is 0 Å². The van der Waals surface area contributed by atoms with E-state index in [1.54, 1.807) is 0 Å². The van der Waals surface area contributed by atoms with Crippen LogP contribution in [0.25, 0.3) is 0 Å². The summed E-state index contributed by atoms with van der Waals surface area (Å²) in [5, 5.41) is 1.43. The first-order chi connectivity index (χ1) is 9.49. The van der Waals surface area contributed by atoms with Crippen LogP contribution in [0.5, 0.6) is 0 Å². The molecule has 0 aromatic heterocycles. The van der Waals surface area contributed by atoms with Crippen LogP contribution in [0.3, 0.4) is 0 Å². The van der Waals surface area contributed by atoms with Gasteiger partial charge in [0, 0.05) is 14.5 Å². The predicted molar refractivity (Wildman–Crippen MR) is 89.1 cm³/mol. The molecule has 0 aliphatic carbocycles. The fourth-order valence-corrected chi connectivity index (χ4v) is 3.19. The minimum Gasteiger partial charge on any atom is -0.271 e. The van der Waals surface area contributed by atoms with E-state index in [2.05, 4.69) is 27.4 Å². The smallest absolute Gasteiger partial charge is 0.0501 e. The van der Waals surface area contributed by atoms with Crippen molar-refractivity contribution in [3.63, 3.8) is 0 Å². The van der Waals surface area contributed by atoms with Gasteiger partial charge in [-0.3, -0.25) is 11.3 Å². The van der Waals surface area contributed by atoms with Crippen LogP contribution in [0.4, 0.5) is 0 Å². The lowest BCUT2D eigenvalue weighted by atomic mass is 9.98. The number of hydrogen-bond acceptors (Lipinski definition) is 2. The molecule has 0 saturated heterocycles. The molecule has 0 fully saturated rings. The topological polar surface area (TPSA) is 38.0 Å². The first kappa shape index (κ1) is 15.8. The summed E-state index contributed by atoms with van der Waals surface area (Å²) in [5.41, 5.74) is 6.03. The van der Waals surface area contributed by atoms with Crippen LogP contribution in [-0.4, -0.2) is 0 Å². The molecular weight excluding hydrogens is 359 g/mol. The average Bonchev–Trinajstić information content (AvgIpc) is 2.36. The molecule has 0 amide bonds. The molecule has 0 heterocycles. The van der Waals surface area contributed by atoms with E-state index in [1.807, 2.05) is 37.3 Å². The van der Waals surface area contributed by atoms with E-state index in [0.29, 0.717) is 11.4 Å². The average molecular weight is 374 g/mol. The third-order valence-corrected chi connectivity index (χ3v) is 4.17. The van der Waals surface area contributed by atoms with E-state index in [0.717, 1.165) is 26.2 Å². The Morgan fingerprint density at radius 3 is 2.55 bits per heavy atom. The van der Waals surface area contributed by atoms with E-state index < -0.39 is 0 Å². The van der Waals surface area contributed by atoms with Crippen molar-refractivity contribution < 1.29 is 0 Å². The summed E-state index contributed by atoms with van der Waals surface area (Å²) in [6.45, 7) is 2.01. The second-order valence-corrected chi connectivity index (χ2v) is 6.48. The Kier molecular flexibility index (Phi) is 5.47. The normalized spacial score (nSPS) is 12.4. The van der Waals surface area contributed by atoms with Crippen molar-refractivity contribution in [2.24, 2.45) is 5.84 Å². The Morgan fingerprint density at radius 1 is 1.20 bits per heavy atom. The molecule has 1 unspecified atom stereocenters. The highest BCUT2D eigenvalue weighted by atomic mass is 79.9. The van der Waals surface area contributed by atoms with Crippen molar-refractivity contribution in [3.05, 3.63) is 67.6 Å². The zero-order valence-electron chi connectivity index (χ0n) is 11.0. The fraction of sp³-hybridized carbons (Fsp3) is 0.200. The summed E-state index contributed by atoms with van der Waals surface area (Å²) in [6.07, 6.45) is 0.697. The zero-order valence-corrected chi connectivity index (χ0v) is 14.1. The lowest BCUT2D eigenvalue weighted by molar-refractivity contribution is 0.552. The van der Waals surface area contributed by atoms with Gasteiger partial charge >= 0.3 is 0 Å². The standard InChI is InChI=1S/C15H15BrCl2N2/c1-9-4-11(6-13(17)5-9)15(20-19)7-10-2-3-12(16)8-14(10)18/h2-6,8,15,20H,7,19H2,1H3. The summed E-state index contributed by atoms with van der Waals surface area (Å²) >= 11 is 15.8. The van der Waals surface area contributed by atoms with Gasteiger partial charge in [0.05, 0.1) is 6.04 Å². The van der Waals surface area contributed by atoms with Gasteiger partial charge in [-0.2, -0.15) is 0 Å². The van der Waals surface area contributed by atoms with E-state index in [9.17, 15) is 0 Å². The van der Waals surface area contributed by atoms with Crippen LogP contribution < -0.4 is 11.3 Å². The lowest BCUT2D eigenvalue weighted by Gasteiger charge is -2.18. The summed E-state index contributed by atoms with van der Waals surface area (Å²) < 4.78 is 0.960. The van der Waals surface area contributed by atoms with Gasteiger partial charge in [-0.25, -0.2) is 0 Å². The monoisotopic (exact) mass is 372 g/mol. The molecule has 106 valence electrons. The van der Waals surface area contributed by atoms with Gasteiger partial charge < -0.3 is 0 Å². The maximum atomic E-state index is 6.26. The van der Waals surface area contributed by atoms with Crippen molar-refractivity contribution >= 4 is 39.1 Å². The number of nitrogens with one attached hydrogen (secondary N) is 1. The van der Waals surface area contributed by atoms with E-state index >= 15 is 0 Å². The molecule has 2 nitrogen and oxygen atoms in total. The van der Waals surface area contributed by atoms with Crippen molar-refractivity contribution in [3.8, 4) is 0 Å². The SMILES string of the molecule is Cc1cc(Cl)cc(C(Cc2ccc(Br)cc2Cl)NN)c1. The quantitative estimate of drug-likeness (QED) is 0.596. The third kappa shape index (κ3) is 3.96. The first-order valence-corrected chi connectivity index (χ1v) is 7.71.